The van der Waals surface area contributed by atoms with E-state index in [2.05, 4.69) is 15.5 Å². The Morgan fingerprint density at radius 3 is 2.66 bits per heavy atom. The molecule has 1 unspecified atom stereocenters. The molecule has 2 aromatic carbocycles. The van der Waals surface area contributed by atoms with Crippen molar-refractivity contribution in [3.63, 3.8) is 0 Å². The quantitative estimate of drug-likeness (QED) is 0.564. The second-order valence-electron chi connectivity index (χ2n) is 7.65. The van der Waals surface area contributed by atoms with Gasteiger partial charge in [-0.25, -0.2) is 4.79 Å². The molecule has 166 valence electrons. The lowest BCUT2D eigenvalue weighted by Crippen LogP contribution is -2.42. The molecule has 3 aromatic rings. The number of amides is 2. The van der Waals surface area contributed by atoms with Crippen LogP contribution < -0.4 is 5.32 Å². The number of halogens is 3. The zero-order valence-electron chi connectivity index (χ0n) is 17.3. The smallest absolute Gasteiger partial charge is 0.403 e. The minimum atomic E-state index is -4.38. The van der Waals surface area contributed by atoms with Crippen molar-refractivity contribution in [2.24, 2.45) is 5.92 Å². The van der Waals surface area contributed by atoms with Gasteiger partial charge in [-0.15, -0.1) is 5.10 Å². The largest absolute Gasteiger partial charge is 0.416 e. The van der Waals surface area contributed by atoms with E-state index in [0.717, 1.165) is 23.3 Å². The van der Waals surface area contributed by atoms with Crippen LogP contribution in [-0.4, -0.2) is 34.2 Å². The van der Waals surface area contributed by atoms with Gasteiger partial charge in [-0.05, 0) is 42.2 Å². The van der Waals surface area contributed by atoms with Crippen LogP contribution in [0.4, 0.5) is 24.0 Å². The summed E-state index contributed by atoms with van der Waals surface area (Å²) < 4.78 is 44.4. The highest BCUT2D eigenvalue weighted by Crippen LogP contribution is 2.31. The lowest BCUT2D eigenvalue weighted by molar-refractivity contribution is -0.137. The first-order chi connectivity index (χ1) is 15.3. The summed E-state index contributed by atoms with van der Waals surface area (Å²) in [5.74, 6) is 0.297. The van der Waals surface area contributed by atoms with E-state index in [9.17, 15) is 18.0 Å². The van der Waals surface area contributed by atoms with E-state index in [4.69, 9.17) is 4.42 Å². The van der Waals surface area contributed by atoms with Crippen LogP contribution in [0.3, 0.4) is 0 Å². The molecule has 9 heteroatoms. The van der Waals surface area contributed by atoms with E-state index in [0.29, 0.717) is 31.0 Å². The Labute approximate surface area is 182 Å². The number of piperidine rings is 1. The molecule has 1 aliphatic heterocycles. The Kier molecular flexibility index (Phi) is 5.98. The fraction of sp³-hybridized carbons (Fsp3) is 0.261. The maximum atomic E-state index is 13.0. The van der Waals surface area contributed by atoms with Gasteiger partial charge in [0, 0.05) is 18.7 Å². The van der Waals surface area contributed by atoms with Crippen molar-refractivity contribution >= 4 is 18.1 Å². The van der Waals surface area contributed by atoms with Gasteiger partial charge in [-0.3, -0.25) is 5.32 Å². The van der Waals surface area contributed by atoms with E-state index < -0.39 is 11.7 Å². The third-order valence-corrected chi connectivity index (χ3v) is 5.31. The number of aromatic nitrogens is 2. The molecule has 1 aliphatic rings. The van der Waals surface area contributed by atoms with Gasteiger partial charge >= 0.3 is 18.2 Å². The molecule has 1 fully saturated rings. The zero-order valence-corrected chi connectivity index (χ0v) is 17.3. The highest BCUT2D eigenvalue weighted by Gasteiger charge is 2.30. The average Bonchev–Trinajstić information content (AvgIpc) is 3.24. The molecule has 1 saturated heterocycles. The van der Waals surface area contributed by atoms with Crippen molar-refractivity contribution in [1.82, 2.24) is 15.1 Å². The van der Waals surface area contributed by atoms with Crippen LogP contribution in [0.1, 0.15) is 24.5 Å². The van der Waals surface area contributed by atoms with E-state index in [1.807, 2.05) is 37.3 Å². The first-order valence-corrected chi connectivity index (χ1v) is 10.1. The van der Waals surface area contributed by atoms with E-state index in [-0.39, 0.29) is 18.0 Å². The number of nitrogens with one attached hydrogen (secondary N) is 1. The number of nitrogens with zero attached hydrogens (tertiary/aromatic N) is 3. The average molecular weight is 442 g/mol. The van der Waals surface area contributed by atoms with Crippen molar-refractivity contribution in [3.8, 4) is 11.5 Å². The van der Waals surface area contributed by atoms with Gasteiger partial charge in [0.15, 0.2) is 0 Å². The van der Waals surface area contributed by atoms with Crippen LogP contribution in [-0.2, 0) is 6.18 Å². The summed E-state index contributed by atoms with van der Waals surface area (Å²) in [5.41, 5.74) is 1.57. The summed E-state index contributed by atoms with van der Waals surface area (Å²) in [4.78, 5) is 14.2. The lowest BCUT2D eigenvalue weighted by atomic mass is 9.91. The third-order valence-electron chi connectivity index (χ3n) is 5.31. The van der Waals surface area contributed by atoms with Crippen LogP contribution in [0.5, 0.6) is 0 Å². The molecule has 0 aliphatic carbocycles. The first kappa shape index (κ1) is 21.6. The van der Waals surface area contributed by atoms with E-state index in [1.54, 1.807) is 17.0 Å². The minimum Gasteiger partial charge on any atom is -0.403 e. The highest BCUT2D eigenvalue weighted by molar-refractivity contribution is 5.87. The summed E-state index contributed by atoms with van der Waals surface area (Å²) in [7, 11) is 0. The number of carbonyl (C=O) groups excluding carboxylic acids is 1. The Hall–Kier alpha value is -3.62. The predicted octanol–water partition coefficient (Wildman–Crippen LogP) is 5.71. The Morgan fingerprint density at radius 2 is 1.94 bits per heavy atom. The standard InChI is InChI=1S/C23H21F3N4O2/c1-15-14-30(11-10-18(15)12-16-6-5-9-19(13-16)23(24,25)26)22(31)27-21-29-28-20(32-21)17-7-3-2-4-8-17/h2-9,12-13,15H,10-11,14H2,1H3,(H,27,29,31)/b18-12+. The molecular weight excluding hydrogens is 421 g/mol. The molecule has 32 heavy (non-hydrogen) atoms. The number of hydrogen-bond acceptors (Lipinski definition) is 4. The molecule has 0 saturated carbocycles. The third kappa shape index (κ3) is 4.99. The summed E-state index contributed by atoms with van der Waals surface area (Å²) in [6.07, 6.45) is -2.04. The molecule has 0 spiro atoms. The van der Waals surface area contributed by atoms with Gasteiger partial charge in [-0.2, -0.15) is 13.2 Å². The molecule has 0 radical (unpaired) electrons. The van der Waals surface area contributed by atoms with Gasteiger partial charge in [-0.1, -0.05) is 54.0 Å². The number of alkyl halides is 3. The fourth-order valence-corrected chi connectivity index (χ4v) is 3.61. The monoisotopic (exact) mass is 442 g/mol. The number of rotatable bonds is 3. The fourth-order valence-electron chi connectivity index (χ4n) is 3.61. The van der Waals surface area contributed by atoms with Crippen LogP contribution in [0.15, 0.2) is 64.6 Å². The maximum absolute atomic E-state index is 13.0. The Bertz CT molecular complexity index is 1130. The second-order valence-corrected chi connectivity index (χ2v) is 7.65. The Morgan fingerprint density at radius 1 is 1.16 bits per heavy atom. The molecule has 1 aromatic heterocycles. The Balaban J connectivity index is 1.39. The number of anilines is 1. The van der Waals surface area contributed by atoms with Gasteiger partial charge in [0.1, 0.15) is 0 Å². The summed E-state index contributed by atoms with van der Waals surface area (Å²) in [5, 5.41) is 10.4. The second kappa shape index (κ2) is 8.86. The maximum Gasteiger partial charge on any atom is 0.416 e. The number of hydrogen-bond donors (Lipinski definition) is 1. The normalized spacial score (nSPS) is 18.1. The molecule has 4 rings (SSSR count). The van der Waals surface area contributed by atoms with E-state index in [1.165, 1.54) is 6.07 Å². The highest BCUT2D eigenvalue weighted by atomic mass is 19.4. The van der Waals surface area contributed by atoms with Gasteiger partial charge in [0.25, 0.3) is 0 Å². The SMILES string of the molecule is CC1CN(C(=O)Nc2nnc(-c3ccccc3)o2)CC/C1=C\c1cccc(C(F)(F)F)c1. The number of carbonyl (C=O) groups is 1. The van der Waals surface area contributed by atoms with Crippen molar-refractivity contribution in [2.75, 3.05) is 18.4 Å². The lowest BCUT2D eigenvalue weighted by Gasteiger charge is -2.32. The van der Waals surface area contributed by atoms with Crippen molar-refractivity contribution < 1.29 is 22.4 Å². The molecule has 1 atom stereocenters. The van der Waals surface area contributed by atoms with E-state index >= 15 is 0 Å². The van der Waals surface area contributed by atoms with Gasteiger partial charge in [0.2, 0.25) is 5.89 Å². The zero-order chi connectivity index (χ0) is 22.7. The van der Waals surface area contributed by atoms with Gasteiger partial charge < -0.3 is 9.32 Å². The number of urea groups is 1. The van der Waals surface area contributed by atoms with Crippen LogP contribution in [0.2, 0.25) is 0 Å². The predicted molar refractivity (Wildman–Crippen MR) is 114 cm³/mol. The summed E-state index contributed by atoms with van der Waals surface area (Å²) in [6.45, 7) is 2.80. The van der Waals surface area contributed by atoms with Crippen LogP contribution in [0, 0.1) is 5.92 Å². The molecule has 6 nitrogen and oxygen atoms in total. The molecule has 1 N–H and O–H groups in total. The topological polar surface area (TPSA) is 71.3 Å². The van der Waals surface area contributed by atoms with Gasteiger partial charge in [0.05, 0.1) is 5.56 Å². The molecular formula is C23H21F3N4O2. The summed E-state index contributed by atoms with van der Waals surface area (Å²) in [6, 6.07) is 14.1. The van der Waals surface area contributed by atoms with Crippen molar-refractivity contribution in [3.05, 3.63) is 71.3 Å². The van der Waals surface area contributed by atoms with Crippen LogP contribution >= 0.6 is 0 Å². The summed E-state index contributed by atoms with van der Waals surface area (Å²) >= 11 is 0. The van der Waals surface area contributed by atoms with Crippen molar-refractivity contribution in [1.29, 1.82) is 0 Å². The minimum absolute atomic E-state index is 0.00631. The molecule has 2 amide bonds. The molecule has 0 bridgehead atoms. The first-order valence-electron chi connectivity index (χ1n) is 10.1. The number of likely N-dealkylation sites (tertiary alicyclic amines) is 1. The van der Waals surface area contributed by atoms with Crippen molar-refractivity contribution in [2.45, 2.75) is 19.5 Å². The molecule has 2 heterocycles. The van der Waals surface area contributed by atoms with Crippen LogP contribution in [0.25, 0.3) is 17.5 Å². The number of benzene rings is 2.